The molecule has 1 unspecified atom stereocenters. The van der Waals surface area contributed by atoms with Gasteiger partial charge in [0.1, 0.15) is 23.6 Å². The first kappa shape index (κ1) is 14.8. The highest BCUT2D eigenvalue weighted by atomic mass is 16.5. The number of carbonyl (C=O) groups is 2. The third-order valence-electron chi connectivity index (χ3n) is 2.41. The van der Waals surface area contributed by atoms with Gasteiger partial charge < -0.3 is 25.4 Å². The van der Waals surface area contributed by atoms with E-state index in [9.17, 15) is 9.59 Å². The molecule has 1 aromatic rings. The molecule has 0 heterocycles. The number of carboxylic acids is 2. The molecule has 0 aliphatic rings. The van der Waals surface area contributed by atoms with Crippen molar-refractivity contribution < 1.29 is 29.3 Å². The molecule has 7 nitrogen and oxygen atoms in total. The second-order valence-corrected chi connectivity index (χ2v) is 3.79. The lowest BCUT2D eigenvalue weighted by atomic mass is 10.1. The normalized spacial score (nSPS) is 13.4. The third-order valence-corrected chi connectivity index (χ3v) is 2.41. The monoisotopic (exact) mass is 269 g/mol. The number of methoxy groups -OCH3 is 1. The number of hydrogen-bond donors (Lipinski definition) is 3. The fourth-order valence-corrected chi connectivity index (χ4v) is 1.40. The molecule has 7 heteroatoms. The van der Waals surface area contributed by atoms with E-state index in [1.807, 2.05) is 0 Å². The number of carboxylic acid groups (broad SMARTS) is 2. The second kappa shape index (κ2) is 6.60. The van der Waals surface area contributed by atoms with Gasteiger partial charge in [-0.05, 0) is 24.3 Å². The predicted octanol–water partition coefficient (Wildman–Crippen LogP) is 0.329. The van der Waals surface area contributed by atoms with Gasteiger partial charge in [0.25, 0.3) is 0 Å². The van der Waals surface area contributed by atoms with Gasteiger partial charge >= 0.3 is 11.9 Å². The van der Waals surface area contributed by atoms with Crippen LogP contribution in [0.15, 0.2) is 24.3 Å². The Morgan fingerprint density at radius 2 is 1.74 bits per heavy atom. The van der Waals surface area contributed by atoms with Crippen LogP contribution in [0.3, 0.4) is 0 Å². The second-order valence-electron chi connectivity index (χ2n) is 3.79. The third kappa shape index (κ3) is 4.47. The van der Waals surface area contributed by atoms with Crippen LogP contribution in [0.25, 0.3) is 0 Å². The van der Waals surface area contributed by atoms with Crippen LogP contribution in [-0.2, 0) is 9.59 Å². The molecule has 4 N–H and O–H groups in total. The summed E-state index contributed by atoms with van der Waals surface area (Å²) in [6.07, 6.45) is -1.65. The van der Waals surface area contributed by atoms with E-state index in [2.05, 4.69) is 0 Å². The Kier molecular flexibility index (Phi) is 5.13. The largest absolute Gasteiger partial charge is 0.497 e. The highest BCUT2D eigenvalue weighted by Crippen LogP contribution is 2.19. The van der Waals surface area contributed by atoms with Crippen molar-refractivity contribution in [3.05, 3.63) is 24.3 Å². The zero-order valence-corrected chi connectivity index (χ0v) is 10.3. The number of ether oxygens (including phenoxy) is 2. The lowest BCUT2D eigenvalue weighted by Crippen LogP contribution is -2.46. The Balaban J connectivity index is 2.80. The summed E-state index contributed by atoms with van der Waals surface area (Å²) < 4.78 is 10.3. The SMILES string of the molecule is COc1ccc(OC(CC(=O)O)[C@H](N)C(=O)O)cc1. The first-order valence-electron chi connectivity index (χ1n) is 5.45. The molecule has 0 fully saturated rings. The van der Waals surface area contributed by atoms with Gasteiger partial charge in [-0.25, -0.2) is 0 Å². The Bertz CT molecular complexity index is 444. The van der Waals surface area contributed by atoms with E-state index in [1.165, 1.54) is 7.11 Å². The Morgan fingerprint density at radius 3 is 2.16 bits per heavy atom. The molecular weight excluding hydrogens is 254 g/mol. The van der Waals surface area contributed by atoms with Gasteiger partial charge in [0.2, 0.25) is 0 Å². The molecule has 0 aliphatic carbocycles. The molecule has 104 valence electrons. The van der Waals surface area contributed by atoms with Gasteiger partial charge in [-0.3, -0.25) is 9.59 Å². The van der Waals surface area contributed by atoms with Crippen LogP contribution in [0.4, 0.5) is 0 Å². The lowest BCUT2D eigenvalue weighted by molar-refractivity contribution is -0.143. The number of aliphatic carboxylic acids is 2. The molecule has 1 rings (SSSR count). The molecule has 0 radical (unpaired) electrons. The molecule has 0 aromatic heterocycles. The van der Waals surface area contributed by atoms with E-state index in [-0.39, 0.29) is 0 Å². The quantitative estimate of drug-likeness (QED) is 0.652. The van der Waals surface area contributed by atoms with Gasteiger partial charge in [0.05, 0.1) is 13.5 Å². The van der Waals surface area contributed by atoms with Crippen molar-refractivity contribution in [1.29, 1.82) is 0 Å². The minimum absolute atomic E-state index is 0.323. The van der Waals surface area contributed by atoms with Crippen molar-refractivity contribution in [1.82, 2.24) is 0 Å². The van der Waals surface area contributed by atoms with Gasteiger partial charge in [0.15, 0.2) is 0 Å². The molecule has 1 aromatic carbocycles. The van der Waals surface area contributed by atoms with Crippen LogP contribution in [-0.4, -0.2) is 41.4 Å². The molecular formula is C12H15NO6. The molecule has 2 atom stereocenters. The van der Waals surface area contributed by atoms with Crippen LogP contribution in [0.1, 0.15) is 6.42 Å². The van der Waals surface area contributed by atoms with Crippen LogP contribution in [0.2, 0.25) is 0 Å². The summed E-state index contributed by atoms with van der Waals surface area (Å²) in [7, 11) is 1.50. The number of benzene rings is 1. The summed E-state index contributed by atoms with van der Waals surface area (Å²) in [5, 5.41) is 17.5. The van der Waals surface area contributed by atoms with E-state index < -0.39 is 30.5 Å². The van der Waals surface area contributed by atoms with E-state index in [4.69, 9.17) is 25.4 Å². The van der Waals surface area contributed by atoms with Crippen molar-refractivity contribution >= 4 is 11.9 Å². The molecule has 19 heavy (non-hydrogen) atoms. The zero-order chi connectivity index (χ0) is 14.4. The smallest absolute Gasteiger partial charge is 0.324 e. The Labute approximate surface area is 109 Å². The maximum Gasteiger partial charge on any atom is 0.324 e. The first-order valence-corrected chi connectivity index (χ1v) is 5.45. The summed E-state index contributed by atoms with van der Waals surface area (Å²) in [6, 6.07) is 4.89. The summed E-state index contributed by atoms with van der Waals surface area (Å²) in [5.74, 6) is -1.58. The van der Waals surface area contributed by atoms with Gasteiger partial charge in [-0.15, -0.1) is 0 Å². The number of nitrogens with two attached hydrogens (primary N) is 1. The highest BCUT2D eigenvalue weighted by Gasteiger charge is 2.28. The molecule has 0 saturated heterocycles. The van der Waals surface area contributed by atoms with Crippen molar-refractivity contribution in [3.63, 3.8) is 0 Å². The van der Waals surface area contributed by atoms with Crippen LogP contribution >= 0.6 is 0 Å². The Morgan fingerprint density at radius 1 is 1.21 bits per heavy atom. The standard InChI is InChI=1S/C12H15NO6/c1-18-7-2-4-8(5-3-7)19-9(6-10(14)15)11(13)12(16)17/h2-5,9,11H,6,13H2,1H3,(H,14,15)(H,16,17)/t9?,11-/m0/s1. The maximum atomic E-state index is 10.8. The van der Waals surface area contributed by atoms with E-state index in [1.54, 1.807) is 24.3 Å². The molecule has 0 bridgehead atoms. The zero-order valence-electron chi connectivity index (χ0n) is 10.3. The number of rotatable bonds is 7. The average Bonchev–Trinajstić information content (AvgIpc) is 2.37. The average molecular weight is 269 g/mol. The summed E-state index contributed by atoms with van der Waals surface area (Å²) in [5.41, 5.74) is 5.40. The summed E-state index contributed by atoms with van der Waals surface area (Å²) >= 11 is 0. The van der Waals surface area contributed by atoms with Gasteiger partial charge in [-0.1, -0.05) is 0 Å². The van der Waals surface area contributed by atoms with E-state index >= 15 is 0 Å². The Hall–Kier alpha value is -2.28. The van der Waals surface area contributed by atoms with E-state index in [0.29, 0.717) is 11.5 Å². The first-order chi connectivity index (χ1) is 8.93. The molecule has 0 spiro atoms. The maximum absolute atomic E-state index is 10.8. The van der Waals surface area contributed by atoms with Crippen molar-refractivity contribution in [3.8, 4) is 11.5 Å². The van der Waals surface area contributed by atoms with Crippen molar-refractivity contribution in [2.75, 3.05) is 7.11 Å². The van der Waals surface area contributed by atoms with Crippen molar-refractivity contribution in [2.45, 2.75) is 18.6 Å². The predicted molar refractivity (Wildman–Crippen MR) is 65.3 cm³/mol. The molecule has 0 saturated carbocycles. The lowest BCUT2D eigenvalue weighted by Gasteiger charge is -2.20. The fourth-order valence-electron chi connectivity index (χ4n) is 1.40. The highest BCUT2D eigenvalue weighted by molar-refractivity contribution is 5.76. The fraction of sp³-hybridized carbons (Fsp3) is 0.333. The van der Waals surface area contributed by atoms with Gasteiger partial charge in [0, 0.05) is 0 Å². The van der Waals surface area contributed by atoms with Gasteiger partial charge in [-0.2, -0.15) is 0 Å². The minimum atomic E-state index is -1.42. The molecule has 0 amide bonds. The van der Waals surface area contributed by atoms with Crippen LogP contribution in [0.5, 0.6) is 11.5 Å². The number of hydrogen-bond acceptors (Lipinski definition) is 5. The van der Waals surface area contributed by atoms with Crippen LogP contribution in [0, 0.1) is 0 Å². The topological polar surface area (TPSA) is 119 Å². The van der Waals surface area contributed by atoms with Crippen LogP contribution < -0.4 is 15.2 Å². The summed E-state index contributed by atoms with van der Waals surface area (Å²) in [6.45, 7) is 0. The van der Waals surface area contributed by atoms with Crippen molar-refractivity contribution in [2.24, 2.45) is 5.73 Å². The van der Waals surface area contributed by atoms with E-state index in [0.717, 1.165) is 0 Å². The summed E-state index contributed by atoms with van der Waals surface area (Å²) in [4.78, 5) is 21.5. The minimum Gasteiger partial charge on any atom is -0.497 e. The molecule has 0 aliphatic heterocycles.